The highest BCUT2D eigenvalue weighted by atomic mass is 16.6. The van der Waals surface area contributed by atoms with Crippen molar-refractivity contribution in [2.24, 2.45) is 5.16 Å². The van der Waals surface area contributed by atoms with E-state index in [0.29, 0.717) is 18.6 Å². The molecule has 0 radical (unpaired) electrons. The minimum atomic E-state index is -1.02. The quantitative estimate of drug-likeness (QED) is 0.805. The molecule has 2 unspecified atom stereocenters. The number of carboxylic acids is 1. The monoisotopic (exact) mass is 304 g/mol. The number of carboxylic acid groups (broad SMARTS) is 1. The van der Waals surface area contributed by atoms with Crippen LogP contribution in [0.5, 0.6) is 0 Å². The molecular weight excluding hydrogens is 284 g/mol. The van der Waals surface area contributed by atoms with Crippen LogP contribution in [0, 0.1) is 0 Å². The van der Waals surface area contributed by atoms with E-state index in [1.807, 2.05) is 37.3 Å². The Morgan fingerprint density at radius 2 is 2.14 bits per heavy atom. The van der Waals surface area contributed by atoms with Gasteiger partial charge in [-0.2, -0.15) is 0 Å². The maximum Gasteiger partial charge on any atom is 0.326 e. The molecule has 0 spiro atoms. The third kappa shape index (κ3) is 4.07. The van der Waals surface area contributed by atoms with Gasteiger partial charge in [-0.15, -0.1) is 0 Å². The molecule has 1 heterocycles. The number of rotatable bonds is 7. The fourth-order valence-electron chi connectivity index (χ4n) is 2.25. The van der Waals surface area contributed by atoms with Crippen molar-refractivity contribution in [3.8, 4) is 0 Å². The zero-order valence-electron chi connectivity index (χ0n) is 12.5. The van der Waals surface area contributed by atoms with Gasteiger partial charge in [-0.25, -0.2) is 4.79 Å². The van der Waals surface area contributed by atoms with Gasteiger partial charge in [0.1, 0.15) is 6.04 Å². The van der Waals surface area contributed by atoms with E-state index >= 15 is 0 Å². The fourth-order valence-corrected chi connectivity index (χ4v) is 2.25. The number of amides is 1. The van der Waals surface area contributed by atoms with Gasteiger partial charge in [0, 0.05) is 6.42 Å². The number of hydrogen-bond donors (Lipinski definition) is 2. The lowest BCUT2D eigenvalue weighted by molar-refractivity contribution is -0.144. The van der Waals surface area contributed by atoms with Gasteiger partial charge in [-0.3, -0.25) is 4.79 Å². The molecule has 0 bridgehead atoms. The fraction of sp³-hybridized carbons (Fsp3) is 0.438. The van der Waals surface area contributed by atoms with Crippen LogP contribution < -0.4 is 5.32 Å². The van der Waals surface area contributed by atoms with Crippen LogP contribution in [0.1, 0.15) is 38.2 Å². The van der Waals surface area contributed by atoms with Crippen LogP contribution >= 0.6 is 0 Å². The summed E-state index contributed by atoms with van der Waals surface area (Å²) in [4.78, 5) is 28.4. The predicted molar refractivity (Wildman–Crippen MR) is 81.6 cm³/mol. The molecule has 1 aliphatic rings. The normalized spacial score (nSPS) is 18.2. The minimum absolute atomic E-state index is 0.343. The SMILES string of the molecule is CCCCC(NC(=O)C1CC(c2ccccc2)=NO1)C(=O)O. The van der Waals surface area contributed by atoms with E-state index in [9.17, 15) is 9.59 Å². The second-order valence-corrected chi connectivity index (χ2v) is 5.24. The van der Waals surface area contributed by atoms with Crippen LogP contribution in [0.4, 0.5) is 0 Å². The Kier molecular flexibility index (Phi) is 5.52. The van der Waals surface area contributed by atoms with Crippen LogP contribution in [-0.2, 0) is 14.4 Å². The van der Waals surface area contributed by atoms with Crippen molar-refractivity contribution in [1.29, 1.82) is 0 Å². The summed E-state index contributed by atoms with van der Waals surface area (Å²) in [5, 5.41) is 15.6. The van der Waals surface area contributed by atoms with Crippen LogP contribution in [-0.4, -0.2) is 34.8 Å². The molecule has 118 valence electrons. The van der Waals surface area contributed by atoms with Gasteiger partial charge in [0.15, 0.2) is 0 Å². The van der Waals surface area contributed by atoms with Gasteiger partial charge in [-0.05, 0) is 12.0 Å². The Morgan fingerprint density at radius 1 is 1.41 bits per heavy atom. The number of benzene rings is 1. The van der Waals surface area contributed by atoms with E-state index in [1.54, 1.807) is 0 Å². The maximum absolute atomic E-state index is 12.1. The lowest BCUT2D eigenvalue weighted by atomic mass is 10.0. The molecule has 6 heteroatoms. The average Bonchev–Trinajstić information content (AvgIpc) is 3.02. The number of oxime groups is 1. The molecule has 2 atom stereocenters. The number of nitrogens with one attached hydrogen (secondary N) is 1. The van der Waals surface area contributed by atoms with Crippen molar-refractivity contribution < 1.29 is 19.5 Å². The highest BCUT2D eigenvalue weighted by molar-refractivity contribution is 6.04. The summed E-state index contributed by atoms with van der Waals surface area (Å²) in [5.41, 5.74) is 1.60. The molecule has 1 amide bonds. The topological polar surface area (TPSA) is 88.0 Å². The molecule has 1 aromatic rings. The Morgan fingerprint density at radius 3 is 2.77 bits per heavy atom. The molecule has 6 nitrogen and oxygen atoms in total. The lowest BCUT2D eigenvalue weighted by Gasteiger charge is -2.16. The molecule has 1 aromatic carbocycles. The summed E-state index contributed by atoms with van der Waals surface area (Å²) in [6, 6.07) is 8.58. The number of carbonyl (C=O) groups excluding carboxylic acids is 1. The first-order valence-electron chi connectivity index (χ1n) is 7.43. The molecule has 1 aliphatic heterocycles. The standard InChI is InChI=1S/C16H20N2O4/c1-2-3-9-12(16(20)21)17-15(19)14-10-13(18-22-14)11-7-5-4-6-8-11/h4-8,12,14H,2-3,9-10H2,1H3,(H,17,19)(H,20,21). The maximum atomic E-state index is 12.1. The summed E-state index contributed by atoms with van der Waals surface area (Å²) in [7, 11) is 0. The van der Waals surface area contributed by atoms with Gasteiger partial charge in [-0.1, -0.05) is 55.3 Å². The number of nitrogens with zero attached hydrogens (tertiary/aromatic N) is 1. The minimum Gasteiger partial charge on any atom is -0.480 e. The highest BCUT2D eigenvalue weighted by Gasteiger charge is 2.31. The first kappa shape index (κ1) is 16.0. The van der Waals surface area contributed by atoms with E-state index in [4.69, 9.17) is 9.94 Å². The second-order valence-electron chi connectivity index (χ2n) is 5.24. The third-order valence-electron chi connectivity index (χ3n) is 3.53. The molecule has 0 fully saturated rings. The number of carbonyl (C=O) groups is 2. The van der Waals surface area contributed by atoms with Crippen molar-refractivity contribution in [1.82, 2.24) is 5.32 Å². The number of unbranched alkanes of at least 4 members (excludes halogenated alkanes) is 1. The van der Waals surface area contributed by atoms with Gasteiger partial charge in [0.2, 0.25) is 6.10 Å². The number of hydrogen-bond acceptors (Lipinski definition) is 4. The van der Waals surface area contributed by atoms with Crippen LogP contribution in [0.3, 0.4) is 0 Å². The zero-order valence-corrected chi connectivity index (χ0v) is 12.5. The van der Waals surface area contributed by atoms with Crippen LogP contribution in [0.2, 0.25) is 0 Å². The van der Waals surface area contributed by atoms with Crippen molar-refractivity contribution >= 4 is 17.6 Å². The van der Waals surface area contributed by atoms with Crippen molar-refractivity contribution in [3.63, 3.8) is 0 Å². The van der Waals surface area contributed by atoms with Gasteiger partial charge in [0.25, 0.3) is 5.91 Å². The Balaban J connectivity index is 1.91. The van der Waals surface area contributed by atoms with E-state index in [2.05, 4.69) is 10.5 Å². The largest absolute Gasteiger partial charge is 0.480 e. The Bertz CT molecular complexity index is 557. The first-order chi connectivity index (χ1) is 10.6. The summed E-state index contributed by atoms with van der Waals surface area (Å²) in [6.45, 7) is 1.97. The van der Waals surface area contributed by atoms with E-state index in [0.717, 1.165) is 18.4 Å². The van der Waals surface area contributed by atoms with Crippen molar-refractivity contribution in [2.45, 2.75) is 44.8 Å². The van der Waals surface area contributed by atoms with Crippen molar-refractivity contribution in [2.75, 3.05) is 0 Å². The summed E-state index contributed by atoms with van der Waals surface area (Å²) in [5.74, 6) is -1.46. The molecule has 0 saturated heterocycles. The number of aliphatic carboxylic acids is 1. The summed E-state index contributed by atoms with van der Waals surface area (Å²) < 4.78 is 0. The molecule has 22 heavy (non-hydrogen) atoms. The van der Waals surface area contributed by atoms with Crippen LogP contribution in [0.15, 0.2) is 35.5 Å². The smallest absolute Gasteiger partial charge is 0.326 e. The third-order valence-corrected chi connectivity index (χ3v) is 3.53. The molecule has 0 saturated carbocycles. The molecular formula is C16H20N2O4. The lowest BCUT2D eigenvalue weighted by Crippen LogP contribution is -2.45. The highest BCUT2D eigenvalue weighted by Crippen LogP contribution is 2.17. The molecule has 2 N–H and O–H groups in total. The van der Waals surface area contributed by atoms with Gasteiger partial charge < -0.3 is 15.3 Å². The van der Waals surface area contributed by atoms with Crippen molar-refractivity contribution in [3.05, 3.63) is 35.9 Å². The molecule has 2 rings (SSSR count). The first-order valence-corrected chi connectivity index (χ1v) is 7.43. The second kappa shape index (κ2) is 7.59. The molecule has 0 aromatic heterocycles. The zero-order chi connectivity index (χ0) is 15.9. The van der Waals surface area contributed by atoms with E-state index in [1.165, 1.54) is 0 Å². The average molecular weight is 304 g/mol. The predicted octanol–water partition coefficient (Wildman–Crippen LogP) is 1.94. The Hall–Kier alpha value is -2.37. The van der Waals surface area contributed by atoms with E-state index in [-0.39, 0.29) is 0 Å². The van der Waals surface area contributed by atoms with Crippen LogP contribution in [0.25, 0.3) is 0 Å². The Labute approximate surface area is 129 Å². The molecule has 0 aliphatic carbocycles. The van der Waals surface area contributed by atoms with Gasteiger partial charge >= 0.3 is 5.97 Å². The van der Waals surface area contributed by atoms with Gasteiger partial charge in [0.05, 0.1) is 5.71 Å². The summed E-state index contributed by atoms with van der Waals surface area (Å²) >= 11 is 0. The van der Waals surface area contributed by atoms with E-state index < -0.39 is 24.0 Å². The summed E-state index contributed by atoms with van der Waals surface area (Å²) in [6.07, 6.45) is 1.61.